The van der Waals surface area contributed by atoms with E-state index in [1.54, 1.807) is 0 Å². The van der Waals surface area contributed by atoms with Crippen molar-refractivity contribution < 1.29 is 15.0 Å². The second-order valence-electron chi connectivity index (χ2n) is 3.25. The summed E-state index contributed by atoms with van der Waals surface area (Å²) in [6, 6.07) is 5.64. The van der Waals surface area contributed by atoms with E-state index in [0.717, 1.165) is 15.7 Å². The number of aliphatic hydroxyl groups excluding tert-OH is 1. The summed E-state index contributed by atoms with van der Waals surface area (Å²) in [5.41, 5.74) is 1.83. The van der Waals surface area contributed by atoms with Crippen molar-refractivity contribution in [3.05, 3.63) is 28.2 Å². The summed E-state index contributed by atoms with van der Waals surface area (Å²) in [7, 11) is 0. The third-order valence-corrected chi connectivity index (χ3v) is 2.28. The van der Waals surface area contributed by atoms with Crippen LogP contribution in [0, 0.1) is 6.92 Å². The van der Waals surface area contributed by atoms with Crippen LogP contribution < -0.4 is 5.32 Å². The lowest BCUT2D eigenvalue weighted by molar-refractivity contribution is -0.145. The number of carboxylic acid groups (broad SMARTS) is 1. The molecular weight excluding hydrogens is 262 g/mol. The molecule has 0 saturated carbocycles. The first-order chi connectivity index (χ1) is 6.99. The number of halogens is 1. The fraction of sp³-hybridized carbons (Fsp3) is 0.300. The van der Waals surface area contributed by atoms with Crippen molar-refractivity contribution in [1.82, 2.24) is 0 Å². The van der Waals surface area contributed by atoms with Gasteiger partial charge in [-0.25, -0.2) is 4.79 Å². The molecule has 4 nitrogen and oxygen atoms in total. The first kappa shape index (κ1) is 12.0. The van der Waals surface area contributed by atoms with Gasteiger partial charge in [0.2, 0.25) is 0 Å². The first-order valence-corrected chi connectivity index (χ1v) is 5.20. The van der Waals surface area contributed by atoms with Crippen molar-refractivity contribution >= 4 is 27.6 Å². The van der Waals surface area contributed by atoms with Crippen LogP contribution in [0.5, 0.6) is 0 Å². The van der Waals surface area contributed by atoms with Gasteiger partial charge < -0.3 is 15.5 Å². The molecule has 0 aliphatic rings. The number of aryl methyl sites for hydroxylation is 1. The SMILES string of the molecule is Cc1cc(Br)cc(NCC(O)C(=O)O)c1. The molecule has 1 aromatic carbocycles. The molecule has 15 heavy (non-hydrogen) atoms. The van der Waals surface area contributed by atoms with Gasteiger partial charge in [0.25, 0.3) is 0 Å². The van der Waals surface area contributed by atoms with Gasteiger partial charge in [0, 0.05) is 10.2 Å². The van der Waals surface area contributed by atoms with Gasteiger partial charge in [-0.3, -0.25) is 0 Å². The molecular formula is C10H12BrNO3. The van der Waals surface area contributed by atoms with E-state index in [-0.39, 0.29) is 6.54 Å². The zero-order valence-corrected chi connectivity index (χ0v) is 9.78. The molecule has 0 spiro atoms. The lowest BCUT2D eigenvalue weighted by atomic mass is 10.2. The van der Waals surface area contributed by atoms with Gasteiger partial charge in [-0.05, 0) is 30.7 Å². The Labute approximate surface area is 96.1 Å². The zero-order valence-electron chi connectivity index (χ0n) is 8.20. The average Bonchev–Trinajstić information content (AvgIpc) is 2.12. The maximum atomic E-state index is 10.4. The molecule has 0 fully saturated rings. The quantitative estimate of drug-likeness (QED) is 0.780. The summed E-state index contributed by atoms with van der Waals surface area (Å²) >= 11 is 3.33. The third-order valence-electron chi connectivity index (χ3n) is 1.83. The Hall–Kier alpha value is -1.07. The van der Waals surface area contributed by atoms with Gasteiger partial charge >= 0.3 is 5.97 Å². The Morgan fingerprint density at radius 1 is 1.53 bits per heavy atom. The number of carbonyl (C=O) groups is 1. The van der Waals surface area contributed by atoms with Crippen LogP contribution >= 0.6 is 15.9 Å². The minimum absolute atomic E-state index is 0.00870. The molecule has 0 aliphatic heterocycles. The molecule has 0 heterocycles. The first-order valence-electron chi connectivity index (χ1n) is 4.41. The summed E-state index contributed by atoms with van der Waals surface area (Å²) in [5.74, 6) is -1.23. The van der Waals surface area contributed by atoms with Crippen LogP contribution in [0.1, 0.15) is 5.56 Å². The molecule has 82 valence electrons. The number of hydrogen-bond donors (Lipinski definition) is 3. The Morgan fingerprint density at radius 2 is 2.20 bits per heavy atom. The minimum Gasteiger partial charge on any atom is -0.479 e. The van der Waals surface area contributed by atoms with Crippen molar-refractivity contribution in [2.24, 2.45) is 0 Å². The fourth-order valence-corrected chi connectivity index (χ4v) is 1.75. The Morgan fingerprint density at radius 3 is 2.73 bits per heavy atom. The molecule has 5 heteroatoms. The molecule has 1 rings (SSSR count). The second-order valence-corrected chi connectivity index (χ2v) is 4.17. The van der Waals surface area contributed by atoms with Gasteiger partial charge in [0.1, 0.15) is 0 Å². The van der Waals surface area contributed by atoms with Gasteiger partial charge in [-0.1, -0.05) is 15.9 Å². The van der Waals surface area contributed by atoms with E-state index in [2.05, 4.69) is 21.2 Å². The lowest BCUT2D eigenvalue weighted by Crippen LogP contribution is -2.28. The molecule has 0 aliphatic carbocycles. The van der Waals surface area contributed by atoms with Gasteiger partial charge in [0.15, 0.2) is 6.10 Å². The van der Waals surface area contributed by atoms with Gasteiger partial charge in [-0.2, -0.15) is 0 Å². The fourth-order valence-electron chi connectivity index (χ4n) is 1.14. The van der Waals surface area contributed by atoms with Crippen molar-refractivity contribution in [1.29, 1.82) is 0 Å². The van der Waals surface area contributed by atoms with Gasteiger partial charge in [-0.15, -0.1) is 0 Å². The highest BCUT2D eigenvalue weighted by Gasteiger charge is 2.12. The van der Waals surface area contributed by atoms with Crippen molar-refractivity contribution in [3.8, 4) is 0 Å². The largest absolute Gasteiger partial charge is 0.479 e. The van der Waals surface area contributed by atoms with E-state index < -0.39 is 12.1 Å². The van der Waals surface area contributed by atoms with Crippen molar-refractivity contribution in [2.45, 2.75) is 13.0 Å². The topological polar surface area (TPSA) is 69.6 Å². The van der Waals surface area contributed by atoms with Crippen molar-refractivity contribution in [2.75, 3.05) is 11.9 Å². The summed E-state index contributed by atoms with van der Waals surface area (Å²) < 4.78 is 0.912. The monoisotopic (exact) mass is 273 g/mol. The van der Waals surface area contributed by atoms with Crippen LogP contribution in [0.4, 0.5) is 5.69 Å². The predicted octanol–water partition coefficient (Wildman–Crippen LogP) is 1.61. The predicted molar refractivity (Wildman–Crippen MR) is 61.0 cm³/mol. The van der Waals surface area contributed by atoms with Crippen LogP contribution in [0.15, 0.2) is 22.7 Å². The summed E-state index contributed by atoms with van der Waals surface area (Å²) in [6.45, 7) is 1.93. The number of nitrogens with one attached hydrogen (secondary N) is 1. The highest BCUT2D eigenvalue weighted by Crippen LogP contribution is 2.18. The summed E-state index contributed by atoms with van der Waals surface area (Å²) in [4.78, 5) is 10.4. The number of carboxylic acids is 1. The normalized spacial score (nSPS) is 12.2. The summed E-state index contributed by atoms with van der Waals surface area (Å²) in [6.07, 6.45) is -1.38. The van der Waals surface area contributed by atoms with E-state index in [1.807, 2.05) is 25.1 Å². The number of anilines is 1. The maximum absolute atomic E-state index is 10.4. The number of aliphatic hydroxyl groups is 1. The van der Waals surface area contributed by atoms with E-state index in [0.29, 0.717) is 0 Å². The maximum Gasteiger partial charge on any atom is 0.334 e. The van der Waals surface area contributed by atoms with Crippen LogP contribution in [0.25, 0.3) is 0 Å². The molecule has 0 radical (unpaired) electrons. The zero-order chi connectivity index (χ0) is 11.4. The molecule has 1 unspecified atom stereocenters. The average molecular weight is 274 g/mol. The standard InChI is InChI=1S/C10H12BrNO3/c1-6-2-7(11)4-8(3-6)12-5-9(13)10(14)15/h2-4,9,12-13H,5H2,1H3,(H,14,15). The van der Waals surface area contributed by atoms with E-state index in [1.165, 1.54) is 0 Å². The number of hydrogen-bond acceptors (Lipinski definition) is 3. The molecule has 0 aromatic heterocycles. The third kappa shape index (κ3) is 3.89. The highest BCUT2D eigenvalue weighted by molar-refractivity contribution is 9.10. The molecule has 1 aromatic rings. The molecule has 0 amide bonds. The highest BCUT2D eigenvalue weighted by atomic mass is 79.9. The number of aliphatic carboxylic acids is 1. The molecule has 0 saturated heterocycles. The smallest absolute Gasteiger partial charge is 0.334 e. The van der Waals surface area contributed by atoms with Crippen molar-refractivity contribution in [3.63, 3.8) is 0 Å². The molecule has 3 N–H and O–H groups in total. The van der Waals surface area contributed by atoms with E-state index in [9.17, 15) is 4.79 Å². The minimum atomic E-state index is -1.38. The second kappa shape index (κ2) is 5.14. The van der Waals surface area contributed by atoms with Gasteiger partial charge in [0.05, 0.1) is 6.54 Å². The summed E-state index contributed by atoms with van der Waals surface area (Å²) in [5, 5.41) is 20.4. The van der Waals surface area contributed by atoms with E-state index in [4.69, 9.17) is 10.2 Å². The van der Waals surface area contributed by atoms with E-state index >= 15 is 0 Å². The number of rotatable bonds is 4. The molecule has 1 atom stereocenters. The Kier molecular flexibility index (Phi) is 4.11. The Bertz CT molecular complexity index is 347. The van der Waals surface area contributed by atoms with Crippen LogP contribution in [-0.4, -0.2) is 28.8 Å². The number of benzene rings is 1. The molecule has 0 bridgehead atoms. The van der Waals surface area contributed by atoms with Crippen LogP contribution in [-0.2, 0) is 4.79 Å². The lowest BCUT2D eigenvalue weighted by Gasteiger charge is -2.10. The van der Waals surface area contributed by atoms with Crippen LogP contribution in [0.2, 0.25) is 0 Å². The Balaban J connectivity index is 2.61. The van der Waals surface area contributed by atoms with Crippen LogP contribution in [0.3, 0.4) is 0 Å².